The highest BCUT2D eigenvalue weighted by molar-refractivity contribution is 7.89. The third kappa shape index (κ3) is 5.64. The molecule has 9 nitrogen and oxygen atoms in total. The molecule has 2 amide bonds. The Morgan fingerprint density at radius 1 is 1.14 bits per heavy atom. The molecule has 152 valence electrons. The first-order valence-corrected chi connectivity index (χ1v) is 10.3. The standard InChI is InChI=1S/C18H25N5O4S/c1-5-12(2)22-28(26,27)16-8-6-15(7-9-16)18(25)20-19-17(24)11-23-14(4)10-13(3)21-23/h6-10,12,22H,5,11H2,1-4H3,(H,19,24)(H,20,25)/t12-/m1/s1. The minimum atomic E-state index is -3.64. The van der Waals surface area contributed by atoms with Gasteiger partial charge in [0.2, 0.25) is 10.0 Å². The van der Waals surface area contributed by atoms with Gasteiger partial charge in [-0.25, -0.2) is 13.1 Å². The molecule has 0 spiro atoms. The molecule has 0 radical (unpaired) electrons. The number of hydrazine groups is 1. The molecular formula is C18H25N5O4S. The number of amides is 2. The molecule has 2 aromatic rings. The Labute approximate surface area is 164 Å². The number of benzene rings is 1. The molecule has 28 heavy (non-hydrogen) atoms. The fourth-order valence-electron chi connectivity index (χ4n) is 2.41. The summed E-state index contributed by atoms with van der Waals surface area (Å²) in [6.07, 6.45) is 0.664. The highest BCUT2D eigenvalue weighted by Crippen LogP contribution is 2.11. The van der Waals surface area contributed by atoms with E-state index in [2.05, 4.69) is 20.7 Å². The van der Waals surface area contributed by atoms with Crippen molar-refractivity contribution in [2.75, 3.05) is 0 Å². The Kier molecular flexibility index (Phi) is 6.92. The van der Waals surface area contributed by atoms with Crippen LogP contribution in [0, 0.1) is 13.8 Å². The highest BCUT2D eigenvalue weighted by atomic mass is 32.2. The summed E-state index contributed by atoms with van der Waals surface area (Å²) in [5.74, 6) is -0.989. The zero-order chi connectivity index (χ0) is 20.9. The third-order valence-electron chi connectivity index (χ3n) is 4.11. The number of aryl methyl sites for hydroxylation is 2. The van der Waals surface area contributed by atoms with Crippen LogP contribution in [0.5, 0.6) is 0 Å². The molecule has 0 aliphatic carbocycles. The first-order valence-electron chi connectivity index (χ1n) is 8.85. The monoisotopic (exact) mass is 407 g/mol. The molecule has 1 atom stereocenters. The van der Waals surface area contributed by atoms with Gasteiger partial charge in [-0.1, -0.05) is 6.92 Å². The highest BCUT2D eigenvalue weighted by Gasteiger charge is 2.17. The van der Waals surface area contributed by atoms with Crippen LogP contribution in [0.2, 0.25) is 0 Å². The summed E-state index contributed by atoms with van der Waals surface area (Å²) in [6.45, 7) is 7.28. The van der Waals surface area contributed by atoms with Gasteiger partial charge in [0, 0.05) is 17.3 Å². The van der Waals surface area contributed by atoms with Gasteiger partial charge in [-0.15, -0.1) is 0 Å². The molecule has 3 N–H and O–H groups in total. The van der Waals surface area contributed by atoms with Crippen LogP contribution in [0.25, 0.3) is 0 Å². The number of rotatable bonds is 7. The zero-order valence-electron chi connectivity index (χ0n) is 16.3. The molecule has 2 rings (SSSR count). The lowest BCUT2D eigenvalue weighted by Gasteiger charge is -2.12. The molecule has 0 unspecified atom stereocenters. The average Bonchev–Trinajstić information content (AvgIpc) is 2.96. The summed E-state index contributed by atoms with van der Waals surface area (Å²) in [6, 6.07) is 7.11. The topological polar surface area (TPSA) is 122 Å². The molecule has 0 aliphatic rings. The summed E-state index contributed by atoms with van der Waals surface area (Å²) in [5, 5.41) is 4.17. The Balaban J connectivity index is 1.94. The quantitative estimate of drug-likeness (QED) is 0.592. The van der Waals surface area contributed by atoms with Gasteiger partial charge in [0.1, 0.15) is 6.54 Å². The first-order chi connectivity index (χ1) is 13.1. The van der Waals surface area contributed by atoms with E-state index >= 15 is 0 Å². The maximum absolute atomic E-state index is 12.2. The second-order valence-corrected chi connectivity index (χ2v) is 8.26. The van der Waals surface area contributed by atoms with Gasteiger partial charge >= 0.3 is 0 Å². The second-order valence-electron chi connectivity index (χ2n) is 6.54. The van der Waals surface area contributed by atoms with Gasteiger partial charge in [-0.2, -0.15) is 5.10 Å². The number of hydrogen-bond acceptors (Lipinski definition) is 5. The van der Waals surface area contributed by atoms with Crippen LogP contribution in [0.4, 0.5) is 0 Å². The summed E-state index contributed by atoms with van der Waals surface area (Å²) < 4.78 is 28.5. The normalized spacial score (nSPS) is 12.4. The number of aromatic nitrogens is 2. The first kappa shape index (κ1) is 21.6. The van der Waals surface area contributed by atoms with Crippen molar-refractivity contribution in [2.24, 2.45) is 0 Å². The van der Waals surface area contributed by atoms with E-state index in [0.717, 1.165) is 11.4 Å². The SMILES string of the molecule is CC[C@@H](C)NS(=O)(=O)c1ccc(C(=O)NNC(=O)Cn2nc(C)cc2C)cc1. The third-order valence-corrected chi connectivity index (χ3v) is 5.71. The van der Waals surface area contributed by atoms with Crippen LogP contribution < -0.4 is 15.6 Å². The number of carbonyl (C=O) groups is 2. The molecule has 1 aromatic heterocycles. The van der Waals surface area contributed by atoms with Crippen molar-refractivity contribution in [1.82, 2.24) is 25.4 Å². The summed E-state index contributed by atoms with van der Waals surface area (Å²) in [5.41, 5.74) is 6.46. The average molecular weight is 407 g/mol. The van der Waals surface area contributed by atoms with E-state index in [1.807, 2.05) is 26.8 Å². The van der Waals surface area contributed by atoms with Crippen LogP contribution in [-0.2, 0) is 21.4 Å². The lowest BCUT2D eigenvalue weighted by molar-refractivity contribution is -0.122. The minimum Gasteiger partial charge on any atom is -0.271 e. The lowest BCUT2D eigenvalue weighted by atomic mass is 10.2. The molecule has 0 fully saturated rings. The largest absolute Gasteiger partial charge is 0.271 e. The van der Waals surface area contributed by atoms with Gasteiger partial charge < -0.3 is 0 Å². The number of hydrogen-bond donors (Lipinski definition) is 3. The zero-order valence-corrected chi connectivity index (χ0v) is 17.1. The predicted octanol–water partition coefficient (Wildman–Crippen LogP) is 1.04. The molecule has 0 aliphatic heterocycles. The van der Waals surface area contributed by atoms with E-state index in [9.17, 15) is 18.0 Å². The van der Waals surface area contributed by atoms with Crippen molar-refractivity contribution in [3.8, 4) is 0 Å². The van der Waals surface area contributed by atoms with Gasteiger partial charge in [0.15, 0.2) is 0 Å². The van der Waals surface area contributed by atoms with E-state index in [4.69, 9.17) is 0 Å². The van der Waals surface area contributed by atoms with E-state index in [1.165, 1.54) is 28.9 Å². The number of carbonyl (C=O) groups excluding carboxylic acids is 2. The van der Waals surface area contributed by atoms with Gasteiger partial charge in [-0.05, 0) is 57.5 Å². The Hall–Kier alpha value is -2.72. The van der Waals surface area contributed by atoms with Crippen molar-refractivity contribution >= 4 is 21.8 Å². The molecule has 1 aromatic carbocycles. The second kappa shape index (κ2) is 8.98. The van der Waals surface area contributed by atoms with Crippen molar-refractivity contribution in [3.05, 3.63) is 47.3 Å². The van der Waals surface area contributed by atoms with Gasteiger partial charge in [0.25, 0.3) is 11.8 Å². The van der Waals surface area contributed by atoms with Crippen LogP contribution in [0.15, 0.2) is 35.2 Å². The van der Waals surface area contributed by atoms with Gasteiger partial charge in [0.05, 0.1) is 10.6 Å². The van der Waals surface area contributed by atoms with Crippen LogP contribution in [0.1, 0.15) is 42.0 Å². The van der Waals surface area contributed by atoms with E-state index in [0.29, 0.717) is 6.42 Å². The molecular weight excluding hydrogens is 382 g/mol. The number of nitrogens with one attached hydrogen (secondary N) is 3. The minimum absolute atomic E-state index is 0.0293. The Bertz CT molecular complexity index is 951. The fourth-order valence-corrected chi connectivity index (χ4v) is 3.74. The lowest BCUT2D eigenvalue weighted by Crippen LogP contribution is -2.43. The molecule has 0 saturated carbocycles. The van der Waals surface area contributed by atoms with E-state index in [1.54, 1.807) is 6.92 Å². The van der Waals surface area contributed by atoms with Crippen molar-refractivity contribution in [3.63, 3.8) is 0 Å². The molecule has 0 bridgehead atoms. The van der Waals surface area contributed by atoms with Crippen molar-refractivity contribution < 1.29 is 18.0 Å². The van der Waals surface area contributed by atoms with Crippen molar-refractivity contribution in [1.29, 1.82) is 0 Å². The Morgan fingerprint density at radius 2 is 1.79 bits per heavy atom. The number of sulfonamides is 1. The summed E-state index contributed by atoms with van der Waals surface area (Å²) in [4.78, 5) is 24.2. The predicted molar refractivity (Wildman–Crippen MR) is 104 cm³/mol. The maximum Gasteiger partial charge on any atom is 0.269 e. The van der Waals surface area contributed by atoms with Crippen LogP contribution in [0.3, 0.4) is 0 Å². The van der Waals surface area contributed by atoms with E-state index in [-0.39, 0.29) is 23.0 Å². The maximum atomic E-state index is 12.2. The number of nitrogens with zero attached hydrogens (tertiary/aromatic N) is 2. The molecule has 1 heterocycles. The van der Waals surface area contributed by atoms with Crippen molar-refractivity contribution in [2.45, 2.75) is 51.6 Å². The summed E-state index contributed by atoms with van der Waals surface area (Å²) in [7, 11) is -3.64. The van der Waals surface area contributed by atoms with Crippen LogP contribution >= 0.6 is 0 Å². The van der Waals surface area contributed by atoms with Gasteiger partial charge in [-0.3, -0.25) is 25.1 Å². The smallest absolute Gasteiger partial charge is 0.269 e. The molecule has 0 saturated heterocycles. The van der Waals surface area contributed by atoms with Crippen LogP contribution in [-0.4, -0.2) is 36.1 Å². The molecule has 10 heteroatoms. The fraction of sp³-hybridized carbons (Fsp3) is 0.389. The van der Waals surface area contributed by atoms with E-state index < -0.39 is 21.8 Å². The summed E-state index contributed by atoms with van der Waals surface area (Å²) >= 11 is 0. The Morgan fingerprint density at radius 3 is 2.32 bits per heavy atom.